The minimum absolute atomic E-state index is 0.505. The van der Waals surface area contributed by atoms with Crippen molar-refractivity contribution in [3.8, 4) is 11.3 Å². The van der Waals surface area contributed by atoms with Crippen LogP contribution in [0.15, 0.2) is 36.8 Å². The lowest BCUT2D eigenvalue weighted by Crippen LogP contribution is -2.21. The molecule has 3 nitrogen and oxygen atoms in total. The van der Waals surface area contributed by atoms with Crippen molar-refractivity contribution in [2.75, 3.05) is 0 Å². The van der Waals surface area contributed by atoms with Gasteiger partial charge in [-0.25, -0.2) is 0 Å². The maximum Gasteiger partial charge on any atom is 0.0887 e. The SMILES string of the molecule is Cc1cc(CNC(C)C)ccc1-c1cnccn1. The van der Waals surface area contributed by atoms with Crippen molar-refractivity contribution in [2.45, 2.75) is 33.4 Å². The Morgan fingerprint density at radius 2 is 2.06 bits per heavy atom. The summed E-state index contributed by atoms with van der Waals surface area (Å²) in [4.78, 5) is 8.44. The summed E-state index contributed by atoms with van der Waals surface area (Å²) < 4.78 is 0. The molecule has 2 rings (SSSR count). The topological polar surface area (TPSA) is 37.8 Å². The number of benzene rings is 1. The van der Waals surface area contributed by atoms with Crippen LogP contribution >= 0.6 is 0 Å². The molecule has 0 radical (unpaired) electrons. The minimum Gasteiger partial charge on any atom is -0.310 e. The van der Waals surface area contributed by atoms with Crippen molar-refractivity contribution >= 4 is 0 Å². The van der Waals surface area contributed by atoms with E-state index in [1.807, 2.05) is 0 Å². The van der Waals surface area contributed by atoms with Gasteiger partial charge in [0, 0.05) is 30.5 Å². The molecular formula is C15H19N3. The third-order valence-electron chi connectivity index (χ3n) is 2.84. The quantitative estimate of drug-likeness (QED) is 0.894. The molecule has 0 aliphatic heterocycles. The summed E-state index contributed by atoms with van der Waals surface area (Å²) in [7, 11) is 0. The largest absolute Gasteiger partial charge is 0.310 e. The maximum absolute atomic E-state index is 4.34. The van der Waals surface area contributed by atoms with Gasteiger partial charge < -0.3 is 5.32 Å². The molecule has 0 aliphatic rings. The summed E-state index contributed by atoms with van der Waals surface area (Å²) in [5, 5.41) is 3.42. The van der Waals surface area contributed by atoms with E-state index < -0.39 is 0 Å². The molecule has 0 bridgehead atoms. The van der Waals surface area contributed by atoms with E-state index in [0.29, 0.717) is 6.04 Å². The zero-order valence-electron chi connectivity index (χ0n) is 11.1. The van der Waals surface area contributed by atoms with Crippen LogP contribution in [0, 0.1) is 6.92 Å². The van der Waals surface area contributed by atoms with Gasteiger partial charge >= 0.3 is 0 Å². The summed E-state index contributed by atoms with van der Waals surface area (Å²) in [6.07, 6.45) is 5.22. The second kappa shape index (κ2) is 5.74. The fourth-order valence-electron chi connectivity index (χ4n) is 1.88. The van der Waals surface area contributed by atoms with Gasteiger partial charge in [-0.3, -0.25) is 9.97 Å². The average molecular weight is 241 g/mol. The molecule has 0 unspecified atom stereocenters. The molecule has 94 valence electrons. The lowest BCUT2D eigenvalue weighted by atomic mass is 10.0. The number of aromatic nitrogens is 2. The normalized spacial score (nSPS) is 10.9. The molecule has 0 amide bonds. The summed E-state index contributed by atoms with van der Waals surface area (Å²) in [6, 6.07) is 6.98. The van der Waals surface area contributed by atoms with Crippen LogP contribution in [0.3, 0.4) is 0 Å². The summed E-state index contributed by atoms with van der Waals surface area (Å²) in [5.41, 5.74) is 4.61. The van der Waals surface area contributed by atoms with Crippen molar-refractivity contribution in [2.24, 2.45) is 0 Å². The molecule has 1 aromatic carbocycles. The van der Waals surface area contributed by atoms with Crippen LogP contribution in [-0.2, 0) is 6.54 Å². The van der Waals surface area contributed by atoms with Crippen LogP contribution in [-0.4, -0.2) is 16.0 Å². The zero-order chi connectivity index (χ0) is 13.0. The molecule has 0 saturated heterocycles. The van der Waals surface area contributed by atoms with Crippen LogP contribution in [0.4, 0.5) is 0 Å². The highest BCUT2D eigenvalue weighted by molar-refractivity contribution is 5.62. The van der Waals surface area contributed by atoms with Gasteiger partial charge in [-0.15, -0.1) is 0 Å². The Labute approximate surface area is 108 Å². The Morgan fingerprint density at radius 1 is 1.22 bits per heavy atom. The molecule has 0 aliphatic carbocycles. The molecule has 0 spiro atoms. The zero-order valence-corrected chi connectivity index (χ0v) is 11.1. The second-order valence-corrected chi connectivity index (χ2v) is 4.78. The minimum atomic E-state index is 0.505. The van der Waals surface area contributed by atoms with E-state index in [9.17, 15) is 0 Å². The van der Waals surface area contributed by atoms with E-state index in [0.717, 1.165) is 17.8 Å². The molecule has 3 heteroatoms. The van der Waals surface area contributed by atoms with Crippen molar-refractivity contribution in [3.63, 3.8) is 0 Å². The maximum atomic E-state index is 4.34. The number of nitrogens with zero attached hydrogens (tertiary/aromatic N) is 2. The van der Waals surface area contributed by atoms with Gasteiger partial charge in [0.1, 0.15) is 0 Å². The highest BCUT2D eigenvalue weighted by atomic mass is 14.9. The van der Waals surface area contributed by atoms with Gasteiger partial charge in [0.2, 0.25) is 0 Å². The second-order valence-electron chi connectivity index (χ2n) is 4.78. The average Bonchev–Trinajstić information content (AvgIpc) is 2.37. The Kier molecular flexibility index (Phi) is 4.05. The van der Waals surface area contributed by atoms with Crippen molar-refractivity contribution in [1.82, 2.24) is 15.3 Å². The first-order valence-corrected chi connectivity index (χ1v) is 6.26. The molecule has 0 atom stereocenters. The number of hydrogen-bond acceptors (Lipinski definition) is 3. The number of nitrogens with one attached hydrogen (secondary N) is 1. The summed E-state index contributed by atoms with van der Waals surface area (Å²) in [6.45, 7) is 7.32. The predicted octanol–water partition coefficient (Wildman–Crippen LogP) is 2.95. The van der Waals surface area contributed by atoms with Crippen molar-refractivity contribution < 1.29 is 0 Å². The van der Waals surface area contributed by atoms with Crippen molar-refractivity contribution in [3.05, 3.63) is 47.9 Å². The van der Waals surface area contributed by atoms with Gasteiger partial charge in [-0.2, -0.15) is 0 Å². The van der Waals surface area contributed by atoms with Gasteiger partial charge in [-0.05, 0) is 18.1 Å². The number of aryl methyl sites for hydroxylation is 1. The van der Waals surface area contributed by atoms with Gasteiger partial charge in [0.15, 0.2) is 0 Å². The molecule has 0 saturated carbocycles. The Bertz CT molecular complexity index is 506. The van der Waals surface area contributed by atoms with E-state index in [1.165, 1.54) is 11.1 Å². The molecule has 1 aromatic heterocycles. The van der Waals surface area contributed by atoms with E-state index >= 15 is 0 Å². The van der Waals surface area contributed by atoms with Gasteiger partial charge in [0.25, 0.3) is 0 Å². The smallest absolute Gasteiger partial charge is 0.0887 e. The number of hydrogen-bond donors (Lipinski definition) is 1. The van der Waals surface area contributed by atoms with Crippen LogP contribution in [0.25, 0.3) is 11.3 Å². The summed E-state index contributed by atoms with van der Waals surface area (Å²) in [5.74, 6) is 0. The molecule has 1 heterocycles. The van der Waals surface area contributed by atoms with Gasteiger partial charge in [-0.1, -0.05) is 32.0 Å². The van der Waals surface area contributed by atoms with E-state index in [-0.39, 0.29) is 0 Å². The third kappa shape index (κ3) is 3.14. The highest BCUT2D eigenvalue weighted by Crippen LogP contribution is 2.21. The highest BCUT2D eigenvalue weighted by Gasteiger charge is 2.04. The number of rotatable bonds is 4. The van der Waals surface area contributed by atoms with Gasteiger partial charge in [0.05, 0.1) is 11.9 Å². The van der Waals surface area contributed by atoms with Crippen LogP contribution in [0.1, 0.15) is 25.0 Å². The van der Waals surface area contributed by atoms with Crippen molar-refractivity contribution in [1.29, 1.82) is 0 Å². The molecule has 1 N–H and O–H groups in total. The third-order valence-corrected chi connectivity index (χ3v) is 2.84. The first-order chi connectivity index (χ1) is 8.66. The molecular weight excluding hydrogens is 222 g/mol. The van der Waals surface area contributed by atoms with Crippen LogP contribution in [0.5, 0.6) is 0 Å². The molecule has 2 aromatic rings. The molecule has 0 fully saturated rings. The Morgan fingerprint density at radius 3 is 2.67 bits per heavy atom. The monoisotopic (exact) mass is 241 g/mol. The van der Waals surface area contributed by atoms with E-state index in [4.69, 9.17) is 0 Å². The molecule has 18 heavy (non-hydrogen) atoms. The predicted molar refractivity (Wildman–Crippen MR) is 74.2 cm³/mol. The summed E-state index contributed by atoms with van der Waals surface area (Å²) >= 11 is 0. The first-order valence-electron chi connectivity index (χ1n) is 6.26. The van der Waals surface area contributed by atoms with Crippen LogP contribution in [0.2, 0.25) is 0 Å². The lowest BCUT2D eigenvalue weighted by molar-refractivity contribution is 0.589. The fraction of sp³-hybridized carbons (Fsp3) is 0.333. The Hall–Kier alpha value is -1.74. The van der Waals surface area contributed by atoms with E-state index in [2.05, 4.69) is 54.3 Å². The van der Waals surface area contributed by atoms with E-state index in [1.54, 1.807) is 18.6 Å². The Balaban J connectivity index is 2.20. The lowest BCUT2D eigenvalue weighted by Gasteiger charge is -2.10. The fourth-order valence-corrected chi connectivity index (χ4v) is 1.88. The van der Waals surface area contributed by atoms with Crippen LogP contribution < -0.4 is 5.32 Å². The first kappa shape index (κ1) is 12.7. The standard InChI is InChI=1S/C15H19N3/c1-11(2)18-9-13-4-5-14(12(3)8-13)15-10-16-6-7-17-15/h4-8,10-11,18H,9H2,1-3H3.